The third kappa shape index (κ3) is 8.22. The molecule has 258 valence electrons. The quantitative estimate of drug-likeness (QED) is 0.341. The molecule has 13 heteroatoms. The molecule has 0 spiro atoms. The molecular weight excluding hydrogens is 638 g/mol. The molecule has 6 rings (SSSR count). The second kappa shape index (κ2) is 15.6. The molecule has 0 aliphatic carbocycles. The number of nitrogens with one attached hydrogen (secondary N) is 1. The van der Waals surface area contributed by atoms with E-state index in [9.17, 15) is 19.2 Å². The van der Waals surface area contributed by atoms with Gasteiger partial charge in [-0.2, -0.15) is 0 Å². The van der Waals surface area contributed by atoms with E-state index in [0.717, 1.165) is 56.8 Å². The summed E-state index contributed by atoms with van der Waals surface area (Å²) in [4.78, 5) is 59.8. The summed E-state index contributed by atoms with van der Waals surface area (Å²) in [6.45, 7) is 6.84. The van der Waals surface area contributed by atoms with E-state index in [4.69, 9.17) is 25.8 Å². The van der Waals surface area contributed by atoms with E-state index in [0.29, 0.717) is 57.2 Å². The lowest BCUT2D eigenvalue weighted by molar-refractivity contribution is -0.143. The van der Waals surface area contributed by atoms with Crippen LogP contribution in [0.25, 0.3) is 0 Å². The first-order chi connectivity index (χ1) is 23.2. The lowest BCUT2D eigenvalue weighted by atomic mass is 10.0. The Bertz CT molecular complexity index is 1490. The molecule has 0 saturated carbocycles. The van der Waals surface area contributed by atoms with E-state index in [-0.39, 0.29) is 35.2 Å². The number of carbonyl (C=O) groups excluding carboxylic acids is 4. The van der Waals surface area contributed by atoms with Gasteiger partial charge in [-0.15, -0.1) is 0 Å². The number of piperidine rings is 1. The zero-order valence-electron chi connectivity index (χ0n) is 27.4. The highest BCUT2D eigenvalue weighted by atomic mass is 35.5. The SMILES string of the molecule is CC(=O)Oc1ccc(C[C@@H](OC(=O)N2CCC(N3CCc4ccccc4NC3=O)CC2)C(=O)N2CCN(C3CCOCC3)CC2)cc1Cl. The van der Waals surface area contributed by atoms with Gasteiger partial charge < -0.3 is 34.2 Å². The average Bonchev–Trinajstić information content (AvgIpc) is 3.27. The van der Waals surface area contributed by atoms with E-state index < -0.39 is 18.2 Å². The van der Waals surface area contributed by atoms with Crippen LogP contribution >= 0.6 is 11.6 Å². The summed E-state index contributed by atoms with van der Waals surface area (Å²) >= 11 is 6.39. The molecule has 4 aliphatic heterocycles. The molecule has 0 unspecified atom stereocenters. The molecular formula is C35H44ClN5O7. The number of likely N-dealkylation sites (tertiary alicyclic amines) is 1. The molecule has 3 fully saturated rings. The Morgan fingerprint density at radius 3 is 2.35 bits per heavy atom. The second-order valence-electron chi connectivity index (χ2n) is 12.9. The normalized spacial score (nSPS) is 20.4. The number of esters is 1. The second-order valence-corrected chi connectivity index (χ2v) is 13.3. The largest absolute Gasteiger partial charge is 0.436 e. The van der Waals surface area contributed by atoms with E-state index in [1.807, 2.05) is 29.2 Å². The van der Waals surface area contributed by atoms with Crippen molar-refractivity contribution in [3.05, 3.63) is 58.6 Å². The molecule has 4 aliphatic rings. The number of amides is 4. The van der Waals surface area contributed by atoms with Crippen LogP contribution in [0.3, 0.4) is 0 Å². The summed E-state index contributed by atoms with van der Waals surface area (Å²) in [5, 5.41) is 3.26. The van der Waals surface area contributed by atoms with Crippen molar-refractivity contribution in [1.29, 1.82) is 0 Å². The minimum Gasteiger partial charge on any atom is -0.436 e. The molecule has 12 nitrogen and oxygen atoms in total. The van der Waals surface area contributed by atoms with Crippen molar-refractivity contribution in [1.82, 2.24) is 19.6 Å². The van der Waals surface area contributed by atoms with Gasteiger partial charge in [-0.3, -0.25) is 14.5 Å². The summed E-state index contributed by atoms with van der Waals surface area (Å²) in [5.41, 5.74) is 2.63. The van der Waals surface area contributed by atoms with Gasteiger partial charge >= 0.3 is 18.1 Å². The van der Waals surface area contributed by atoms with Crippen LogP contribution in [0.15, 0.2) is 42.5 Å². The highest BCUT2D eigenvalue weighted by Crippen LogP contribution is 2.28. The minimum atomic E-state index is -1.06. The summed E-state index contributed by atoms with van der Waals surface area (Å²) in [7, 11) is 0. The number of hydrogen-bond donors (Lipinski definition) is 1. The molecule has 2 aromatic rings. The number of carbonyl (C=O) groups is 4. The highest BCUT2D eigenvalue weighted by molar-refractivity contribution is 6.32. The number of piperazine rings is 1. The van der Waals surface area contributed by atoms with E-state index in [1.165, 1.54) is 6.92 Å². The third-order valence-electron chi connectivity index (χ3n) is 9.83. The maximum Gasteiger partial charge on any atom is 0.410 e. The standard InChI is InChI=1S/C35H44ClN5O7/c1-24(42)47-31-7-6-25(22-29(31)36)23-32(33(43)39-18-16-38(17-19-39)27-11-20-46-21-12-27)48-35(45)40-13-9-28(10-14-40)41-15-8-26-4-2-3-5-30(26)37-34(41)44/h2-7,22,27-28,32H,8-21,23H2,1H3,(H,37,44)/t32-/m1/s1. The van der Waals surface area contributed by atoms with Crippen molar-refractivity contribution < 1.29 is 33.4 Å². The molecule has 0 bridgehead atoms. The molecule has 3 saturated heterocycles. The molecule has 1 N–H and O–H groups in total. The van der Waals surface area contributed by atoms with Gasteiger partial charge in [0.15, 0.2) is 6.10 Å². The molecule has 4 heterocycles. The van der Waals surface area contributed by atoms with Gasteiger partial charge in [-0.25, -0.2) is 9.59 Å². The number of ether oxygens (including phenoxy) is 3. The molecule has 0 aromatic heterocycles. The first-order valence-electron chi connectivity index (χ1n) is 16.9. The van der Waals surface area contributed by atoms with Gasteiger partial charge in [0, 0.05) is 90.1 Å². The number of para-hydroxylation sites is 1. The Hall–Kier alpha value is -3.87. The predicted octanol–water partition coefficient (Wildman–Crippen LogP) is 4.19. The van der Waals surface area contributed by atoms with Crippen LogP contribution in [-0.4, -0.2) is 121 Å². The van der Waals surface area contributed by atoms with Crippen molar-refractivity contribution in [2.75, 3.05) is 64.3 Å². The van der Waals surface area contributed by atoms with Crippen molar-refractivity contribution in [3.8, 4) is 5.75 Å². The Morgan fingerprint density at radius 2 is 1.65 bits per heavy atom. The van der Waals surface area contributed by atoms with Crippen LogP contribution in [0.2, 0.25) is 5.02 Å². The number of urea groups is 1. The fourth-order valence-corrected chi connectivity index (χ4v) is 7.40. The van der Waals surface area contributed by atoms with Crippen molar-refractivity contribution >= 4 is 41.3 Å². The van der Waals surface area contributed by atoms with E-state index >= 15 is 0 Å². The lowest BCUT2D eigenvalue weighted by Gasteiger charge is -2.41. The number of rotatable bonds is 7. The molecule has 0 radical (unpaired) electrons. The van der Waals surface area contributed by atoms with Crippen LogP contribution in [0.5, 0.6) is 5.75 Å². The van der Waals surface area contributed by atoms with E-state index in [2.05, 4.69) is 10.2 Å². The van der Waals surface area contributed by atoms with Gasteiger partial charge in [0.1, 0.15) is 5.75 Å². The Kier molecular flexibility index (Phi) is 11.0. The fraction of sp³-hybridized carbons (Fsp3) is 0.543. The third-order valence-corrected chi connectivity index (χ3v) is 10.1. The monoisotopic (exact) mass is 681 g/mol. The Morgan fingerprint density at radius 1 is 0.917 bits per heavy atom. The van der Waals surface area contributed by atoms with Crippen molar-refractivity contribution in [2.24, 2.45) is 0 Å². The van der Waals surface area contributed by atoms with Gasteiger partial charge in [-0.05, 0) is 61.4 Å². The molecule has 2 aromatic carbocycles. The van der Waals surface area contributed by atoms with Crippen molar-refractivity contribution in [3.63, 3.8) is 0 Å². The number of anilines is 1. The predicted molar refractivity (Wildman–Crippen MR) is 179 cm³/mol. The summed E-state index contributed by atoms with van der Waals surface area (Å²) in [6, 6.07) is 13.1. The van der Waals surface area contributed by atoms with Gasteiger partial charge in [0.2, 0.25) is 0 Å². The zero-order chi connectivity index (χ0) is 33.6. The van der Waals surface area contributed by atoms with Gasteiger partial charge in [-0.1, -0.05) is 35.9 Å². The number of fused-ring (bicyclic) bond motifs is 1. The summed E-state index contributed by atoms with van der Waals surface area (Å²) < 4.78 is 16.7. The smallest absolute Gasteiger partial charge is 0.410 e. The van der Waals surface area contributed by atoms with Crippen LogP contribution < -0.4 is 10.1 Å². The van der Waals surface area contributed by atoms with Crippen LogP contribution in [-0.2, 0) is 31.9 Å². The topological polar surface area (TPSA) is 121 Å². The maximum atomic E-state index is 14.0. The fourth-order valence-electron chi connectivity index (χ4n) is 7.16. The number of halogens is 1. The van der Waals surface area contributed by atoms with Crippen LogP contribution in [0.4, 0.5) is 15.3 Å². The molecule has 1 atom stereocenters. The first kappa shape index (κ1) is 34.0. The van der Waals surface area contributed by atoms with Gasteiger partial charge in [0.25, 0.3) is 5.91 Å². The number of hydrogen-bond acceptors (Lipinski definition) is 8. The lowest BCUT2D eigenvalue weighted by Crippen LogP contribution is -2.56. The average molecular weight is 682 g/mol. The molecule has 48 heavy (non-hydrogen) atoms. The summed E-state index contributed by atoms with van der Waals surface area (Å²) in [6.07, 6.45) is 2.47. The van der Waals surface area contributed by atoms with E-state index in [1.54, 1.807) is 28.0 Å². The maximum absolute atomic E-state index is 14.0. The number of nitrogens with zero attached hydrogens (tertiary/aromatic N) is 4. The highest BCUT2D eigenvalue weighted by Gasteiger charge is 2.36. The summed E-state index contributed by atoms with van der Waals surface area (Å²) in [5.74, 6) is -0.510. The first-order valence-corrected chi connectivity index (χ1v) is 17.3. The number of benzene rings is 2. The Labute approximate surface area is 286 Å². The zero-order valence-corrected chi connectivity index (χ0v) is 28.2. The van der Waals surface area contributed by atoms with Crippen LogP contribution in [0.1, 0.15) is 43.7 Å². The van der Waals surface area contributed by atoms with Crippen molar-refractivity contribution in [2.45, 2.75) is 63.6 Å². The van der Waals surface area contributed by atoms with Crippen LogP contribution in [0, 0.1) is 0 Å². The molecule has 4 amide bonds. The van der Waals surface area contributed by atoms with Gasteiger partial charge in [0.05, 0.1) is 5.02 Å². The minimum absolute atomic E-state index is 0.00862. The Balaban J connectivity index is 1.09.